The summed E-state index contributed by atoms with van der Waals surface area (Å²) in [6.07, 6.45) is 0.425. The van der Waals surface area contributed by atoms with Gasteiger partial charge in [0.2, 0.25) is 20.9 Å². The SMILES string of the molecule is CCCS(=O)(=O)c1nc2ccccc2n1CC(=O)N1CC(C)OC(C)C1. The molecule has 7 nitrogen and oxygen atoms in total. The van der Waals surface area contributed by atoms with Crippen LogP contribution in [0.3, 0.4) is 0 Å². The number of hydrogen-bond acceptors (Lipinski definition) is 5. The lowest BCUT2D eigenvalue weighted by molar-refractivity contribution is -0.143. The van der Waals surface area contributed by atoms with Crippen LogP contribution in [0.4, 0.5) is 0 Å². The number of para-hydroxylation sites is 2. The van der Waals surface area contributed by atoms with Gasteiger partial charge in [-0.05, 0) is 32.4 Å². The zero-order valence-electron chi connectivity index (χ0n) is 15.4. The van der Waals surface area contributed by atoms with Crippen molar-refractivity contribution in [2.24, 2.45) is 0 Å². The molecule has 0 spiro atoms. The second-order valence-corrected chi connectivity index (χ2v) is 8.85. The molecule has 0 aliphatic carbocycles. The average molecular weight is 379 g/mol. The first-order valence-corrected chi connectivity index (χ1v) is 10.6. The van der Waals surface area contributed by atoms with E-state index >= 15 is 0 Å². The first-order valence-electron chi connectivity index (χ1n) is 8.93. The van der Waals surface area contributed by atoms with Gasteiger partial charge in [-0.3, -0.25) is 4.79 Å². The van der Waals surface area contributed by atoms with Gasteiger partial charge in [-0.15, -0.1) is 0 Å². The van der Waals surface area contributed by atoms with Gasteiger partial charge < -0.3 is 14.2 Å². The normalized spacial score (nSPS) is 21.3. The van der Waals surface area contributed by atoms with Crippen molar-refractivity contribution >= 4 is 26.8 Å². The van der Waals surface area contributed by atoms with E-state index in [4.69, 9.17) is 4.74 Å². The molecule has 142 valence electrons. The van der Waals surface area contributed by atoms with Crippen molar-refractivity contribution in [3.8, 4) is 0 Å². The maximum Gasteiger partial charge on any atom is 0.242 e. The topological polar surface area (TPSA) is 81.5 Å². The molecule has 2 unspecified atom stereocenters. The Morgan fingerprint density at radius 2 is 1.88 bits per heavy atom. The van der Waals surface area contributed by atoms with Crippen LogP contribution >= 0.6 is 0 Å². The van der Waals surface area contributed by atoms with E-state index in [1.807, 2.05) is 32.9 Å². The summed E-state index contributed by atoms with van der Waals surface area (Å²) in [4.78, 5) is 18.9. The summed E-state index contributed by atoms with van der Waals surface area (Å²) < 4.78 is 32.5. The Morgan fingerprint density at radius 1 is 1.23 bits per heavy atom. The molecule has 2 atom stereocenters. The molecular weight excluding hydrogens is 354 g/mol. The van der Waals surface area contributed by atoms with Gasteiger partial charge in [-0.1, -0.05) is 19.1 Å². The zero-order valence-corrected chi connectivity index (χ0v) is 16.2. The van der Waals surface area contributed by atoms with Gasteiger partial charge in [0.25, 0.3) is 0 Å². The van der Waals surface area contributed by atoms with Crippen LogP contribution in [0.25, 0.3) is 11.0 Å². The van der Waals surface area contributed by atoms with Gasteiger partial charge >= 0.3 is 0 Å². The van der Waals surface area contributed by atoms with Gasteiger partial charge in [-0.2, -0.15) is 0 Å². The number of carbonyl (C=O) groups excluding carboxylic acids is 1. The molecule has 1 aliphatic rings. The molecule has 1 fully saturated rings. The van der Waals surface area contributed by atoms with Crippen LogP contribution in [0.1, 0.15) is 27.2 Å². The van der Waals surface area contributed by atoms with Crippen molar-refractivity contribution in [3.63, 3.8) is 0 Å². The third-order valence-corrected chi connectivity index (χ3v) is 6.25. The highest BCUT2D eigenvalue weighted by atomic mass is 32.2. The van der Waals surface area contributed by atoms with E-state index in [1.54, 1.807) is 17.0 Å². The number of ether oxygens (including phenoxy) is 1. The van der Waals surface area contributed by atoms with Crippen LogP contribution in [-0.4, -0.2) is 59.8 Å². The van der Waals surface area contributed by atoms with Crippen LogP contribution in [0, 0.1) is 0 Å². The van der Waals surface area contributed by atoms with E-state index in [-0.39, 0.29) is 35.6 Å². The maximum atomic E-state index is 12.9. The van der Waals surface area contributed by atoms with E-state index < -0.39 is 9.84 Å². The number of imidazole rings is 1. The lowest BCUT2D eigenvalue weighted by Crippen LogP contribution is -2.49. The Labute approximate surface area is 153 Å². The minimum atomic E-state index is -3.54. The largest absolute Gasteiger partial charge is 0.372 e. The zero-order chi connectivity index (χ0) is 18.9. The Bertz CT molecular complexity index is 896. The standard InChI is InChI=1S/C18H25N3O4S/c1-4-9-26(23,24)18-19-15-7-5-6-8-16(15)21(18)12-17(22)20-10-13(2)25-14(3)11-20/h5-8,13-14H,4,9-12H2,1-3H3. The van der Waals surface area contributed by atoms with Crippen molar-refractivity contribution in [1.29, 1.82) is 0 Å². The van der Waals surface area contributed by atoms with E-state index in [1.165, 1.54) is 4.57 Å². The van der Waals surface area contributed by atoms with E-state index in [9.17, 15) is 13.2 Å². The fourth-order valence-electron chi connectivity index (χ4n) is 3.42. The fraction of sp³-hybridized carbons (Fsp3) is 0.556. The van der Waals surface area contributed by atoms with Gasteiger partial charge in [0.1, 0.15) is 6.54 Å². The first kappa shape index (κ1) is 18.8. The van der Waals surface area contributed by atoms with Crippen LogP contribution in [0.5, 0.6) is 0 Å². The Balaban J connectivity index is 1.97. The summed E-state index contributed by atoms with van der Waals surface area (Å²) in [7, 11) is -3.54. The second-order valence-electron chi connectivity index (χ2n) is 6.84. The number of aromatic nitrogens is 2. The minimum absolute atomic E-state index is 0.0101. The summed E-state index contributed by atoms with van der Waals surface area (Å²) in [5.74, 6) is -0.112. The summed E-state index contributed by atoms with van der Waals surface area (Å²) in [6.45, 7) is 6.64. The maximum absolute atomic E-state index is 12.9. The predicted octanol–water partition coefficient (Wildman–Crippen LogP) is 1.86. The van der Waals surface area contributed by atoms with Crippen molar-refractivity contribution in [3.05, 3.63) is 24.3 Å². The molecule has 8 heteroatoms. The molecule has 1 aliphatic heterocycles. The summed E-state index contributed by atoms with van der Waals surface area (Å²) in [5, 5.41) is -0.0248. The van der Waals surface area contributed by atoms with Crippen LogP contribution in [0.2, 0.25) is 0 Å². The van der Waals surface area contributed by atoms with Crippen LogP contribution < -0.4 is 0 Å². The quantitative estimate of drug-likeness (QED) is 0.792. The van der Waals surface area contributed by atoms with Crippen LogP contribution in [-0.2, 0) is 25.9 Å². The number of fused-ring (bicyclic) bond motifs is 1. The van der Waals surface area contributed by atoms with Crippen LogP contribution in [0.15, 0.2) is 29.4 Å². The molecular formula is C18H25N3O4S. The number of hydrogen-bond donors (Lipinski definition) is 0. The Hall–Kier alpha value is -1.93. The number of benzene rings is 1. The van der Waals surface area contributed by atoms with Crippen molar-refractivity contribution < 1.29 is 17.9 Å². The molecule has 1 aromatic carbocycles. The van der Waals surface area contributed by atoms with Gasteiger partial charge in [0.05, 0.1) is 29.0 Å². The Kier molecular flexibility index (Phi) is 5.34. The highest BCUT2D eigenvalue weighted by Gasteiger charge is 2.29. The van der Waals surface area contributed by atoms with Gasteiger partial charge in [-0.25, -0.2) is 13.4 Å². The van der Waals surface area contributed by atoms with E-state index in [0.717, 1.165) is 0 Å². The summed E-state index contributed by atoms with van der Waals surface area (Å²) >= 11 is 0. The monoisotopic (exact) mass is 379 g/mol. The molecule has 0 bridgehead atoms. The average Bonchev–Trinajstić information content (AvgIpc) is 2.93. The number of morpholine rings is 1. The molecule has 1 aromatic heterocycles. The summed E-state index contributed by atoms with van der Waals surface area (Å²) in [6, 6.07) is 7.19. The molecule has 0 N–H and O–H groups in total. The number of rotatable bonds is 5. The number of carbonyl (C=O) groups is 1. The predicted molar refractivity (Wildman–Crippen MR) is 98.7 cm³/mol. The van der Waals surface area contributed by atoms with E-state index in [2.05, 4.69) is 4.98 Å². The Morgan fingerprint density at radius 3 is 2.54 bits per heavy atom. The third-order valence-electron chi connectivity index (χ3n) is 4.44. The number of nitrogens with zero attached hydrogens (tertiary/aromatic N) is 3. The second kappa shape index (κ2) is 7.36. The molecule has 2 aromatic rings. The molecule has 26 heavy (non-hydrogen) atoms. The van der Waals surface area contributed by atoms with Crippen molar-refractivity contribution in [1.82, 2.24) is 14.5 Å². The number of amides is 1. The minimum Gasteiger partial charge on any atom is -0.372 e. The van der Waals surface area contributed by atoms with Gasteiger partial charge in [0, 0.05) is 13.1 Å². The van der Waals surface area contributed by atoms with Crippen molar-refractivity contribution in [2.75, 3.05) is 18.8 Å². The number of sulfone groups is 1. The summed E-state index contributed by atoms with van der Waals surface area (Å²) in [5.41, 5.74) is 1.24. The highest BCUT2D eigenvalue weighted by molar-refractivity contribution is 7.91. The molecule has 2 heterocycles. The third kappa shape index (κ3) is 3.76. The van der Waals surface area contributed by atoms with Gasteiger partial charge in [0.15, 0.2) is 0 Å². The lowest BCUT2D eigenvalue weighted by Gasteiger charge is -2.35. The first-order chi connectivity index (χ1) is 12.3. The molecule has 3 rings (SSSR count). The highest BCUT2D eigenvalue weighted by Crippen LogP contribution is 2.22. The molecule has 0 radical (unpaired) electrons. The fourth-order valence-corrected chi connectivity index (χ4v) is 4.88. The van der Waals surface area contributed by atoms with Crippen molar-refractivity contribution in [2.45, 2.75) is 51.1 Å². The molecule has 1 saturated heterocycles. The molecule has 1 amide bonds. The molecule has 0 saturated carbocycles. The lowest BCUT2D eigenvalue weighted by atomic mass is 10.2. The smallest absolute Gasteiger partial charge is 0.242 e. The van der Waals surface area contributed by atoms with E-state index in [0.29, 0.717) is 30.5 Å².